The van der Waals surface area contributed by atoms with Crippen LogP contribution in [0.1, 0.15) is 39.2 Å². The molecule has 0 radical (unpaired) electrons. The van der Waals surface area contributed by atoms with Crippen LogP contribution in [0.5, 0.6) is 0 Å². The second-order valence-electron chi connectivity index (χ2n) is 5.61. The second kappa shape index (κ2) is 5.58. The van der Waals surface area contributed by atoms with Crippen molar-refractivity contribution in [1.82, 2.24) is 0 Å². The van der Waals surface area contributed by atoms with Gasteiger partial charge in [0.05, 0.1) is 0 Å². The van der Waals surface area contributed by atoms with Crippen LogP contribution in [0, 0.1) is 17.0 Å². The molecular formula is C14H21F2N. The van der Waals surface area contributed by atoms with Gasteiger partial charge < -0.3 is 5.73 Å². The fraction of sp³-hybridized carbons (Fsp3) is 0.571. The molecule has 1 rings (SSSR count). The van der Waals surface area contributed by atoms with Gasteiger partial charge in [-0.15, -0.1) is 0 Å². The van der Waals surface area contributed by atoms with Crippen LogP contribution in [0.4, 0.5) is 8.78 Å². The highest BCUT2D eigenvalue weighted by Gasteiger charge is 2.19. The fourth-order valence-electron chi connectivity index (χ4n) is 1.65. The van der Waals surface area contributed by atoms with Crippen LogP contribution in [0.3, 0.4) is 0 Å². The number of aryl methyl sites for hydroxylation is 1. The van der Waals surface area contributed by atoms with E-state index < -0.39 is 11.6 Å². The van der Waals surface area contributed by atoms with Gasteiger partial charge in [0.1, 0.15) is 0 Å². The Hall–Kier alpha value is -0.960. The lowest BCUT2D eigenvalue weighted by molar-refractivity contribution is 0.301. The fourth-order valence-corrected chi connectivity index (χ4v) is 1.65. The molecule has 0 saturated heterocycles. The molecule has 1 aromatic carbocycles. The molecular weight excluding hydrogens is 220 g/mol. The minimum absolute atomic E-state index is 0.0913. The summed E-state index contributed by atoms with van der Waals surface area (Å²) in [5.41, 5.74) is 6.95. The molecule has 1 nitrogen and oxygen atoms in total. The zero-order chi connectivity index (χ0) is 13.1. The van der Waals surface area contributed by atoms with Crippen molar-refractivity contribution in [3.8, 4) is 0 Å². The molecule has 1 aromatic rings. The molecule has 0 heterocycles. The van der Waals surface area contributed by atoms with Crippen molar-refractivity contribution in [1.29, 1.82) is 0 Å². The summed E-state index contributed by atoms with van der Waals surface area (Å²) in [6.07, 6.45) is 2.52. The van der Waals surface area contributed by atoms with Crippen LogP contribution in [0.25, 0.3) is 0 Å². The van der Waals surface area contributed by atoms with Gasteiger partial charge in [-0.25, -0.2) is 8.78 Å². The Morgan fingerprint density at radius 2 is 1.82 bits per heavy atom. The average molecular weight is 241 g/mol. The molecule has 1 atom stereocenters. The number of nitrogens with two attached hydrogens (primary N) is 1. The predicted molar refractivity (Wildman–Crippen MR) is 66.7 cm³/mol. The van der Waals surface area contributed by atoms with Gasteiger partial charge in [0.25, 0.3) is 0 Å². The Labute approximate surface area is 102 Å². The molecule has 0 fully saturated rings. The van der Waals surface area contributed by atoms with Gasteiger partial charge in [-0.05, 0) is 42.4 Å². The Morgan fingerprint density at radius 3 is 2.35 bits per heavy atom. The van der Waals surface area contributed by atoms with E-state index in [1.165, 1.54) is 12.1 Å². The molecule has 0 aromatic heterocycles. The van der Waals surface area contributed by atoms with Crippen LogP contribution >= 0.6 is 0 Å². The van der Waals surface area contributed by atoms with Crippen LogP contribution in [0.2, 0.25) is 0 Å². The number of benzene rings is 1. The number of halogens is 2. The zero-order valence-corrected chi connectivity index (χ0v) is 10.8. The van der Waals surface area contributed by atoms with Crippen molar-refractivity contribution in [2.45, 2.75) is 46.1 Å². The quantitative estimate of drug-likeness (QED) is 0.855. The first-order valence-electron chi connectivity index (χ1n) is 6.00. The van der Waals surface area contributed by atoms with Crippen molar-refractivity contribution in [3.63, 3.8) is 0 Å². The van der Waals surface area contributed by atoms with Crippen molar-refractivity contribution in [2.75, 3.05) is 0 Å². The first-order valence-corrected chi connectivity index (χ1v) is 6.00. The van der Waals surface area contributed by atoms with Crippen molar-refractivity contribution in [3.05, 3.63) is 35.4 Å². The third-order valence-corrected chi connectivity index (χ3v) is 3.08. The van der Waals surface area contributed by atoms with Crippen LogP contribution in [-0.4, -0.2) is 6.04 Å². The summed E-state index contributed by atoms with van der Waals surface area (Å²) in [5.74, 6) is -1.57. The molecule has 0 bridgehead atoms. The molecule has 0 spiro atoms. The molecule has 0 aliphatic carbocycles. The number of hydrogen-bond donors (Lipinski definition) is 1. The van der Waals surface area contributed by atoms with E-state index in [1.807, 2.05) is 0 Å². The summed E-state index contributed by atoms with van der Waals surface area (Å²) in [6.45, 7) is 6.32. The minimum Gasteiger partial charge on any atom is -0.327 e. The Morgan fingerprint density at radius 1 is 1.18 bits per heavy atom. The highest BCUT2D eigenvalue weighted by molar-refractivity contribution is 5.17. The third kappa shape index (κ3) is 4.43. The van der Waals surface area contributed by atoms with Crippen molar-refractivity contribution < 1.29 is 8.78 Å². The van der Waals surface area contributed by atoms with Gasteiger partial charge in [-0.2, -0.15) is 0 Å². The second-order valence-corrected chi connectivity index (χ2v) is 5.61. The van der Waals surface area contributed by atoms with Gasteiger partial charge in [0.2, 0.25) is 0 Å². The highest BCUT2D eigenvalue weighted by Crippen LogP contribution is 2.21. The number of rotatable bonds is 4. The lowest BCUT2D eigenvalue weighted by atomic mass is 9.84. The minimum atomic E-state index is -0.792. The largest absolute Gasteiger partial charge is 0.327 e. The summed E-state index contributed by atoms with van der Waals surface area (Å²) < 4.78 is 25.7. The van der Waals surface area contributed by atoms with E-state index in [-0.39, 0.29) is 11.5 Å². The summed E-state index contributed by atoms with van der Waals surface area (Å²) in [6, 6.07) is 4.20. The standard InChI is InChI=1S/C14H21F2N/c1-14(2,3)13(17)6-4-5-10-7-8-11(15)12(16)9-10/h7-9,13H,4-6,17H2,1-3H3. The maximum atomic E-state index is 13.0. The van der Waals surface area contributed by atoms with E-state index in [0.29, 0.717) is 0 Å². The Bertz CT molecular complexity index is 369. The summed E-state index contributed by atoms with van der Waals surface area (Å²) in [7, 11) is 0. The topological polar surface area (TPSA) is 26.0 Å². The van der Waals surface area contributed by atoms with Gasteiger partial charge in [0.15, 0.2) is 11.6 Å². The monoisotopic (exact) mass is 241 g/mol. The van der Waals surface area contributed by atoms with E-state index in [0.717, 1.165) is 24.8 Å². The van der Waals surface area contributed by atoms with Crippen molar-refractivity contribution in [2.24, 2.45) is 11.1 Å². The van der Waals surface area contributed by atoms with E-state index >= 15 is 0 Å². The maximum Gasteiger partial charge on any atom is 0.159 e. The first kappa shape index (κ1) is 14.1. The van der Waals surface area contributed by atoms with Crippen LogP contribution < -0.4 is 5.73 Å². The van der Waals surface area contributed by atoms with Gasteiger partial charge in [-0.1, -0.05) is 26.8 Å². The molecule has 0 aliphatic rings. The molecule has 2 N–H and O–H groups in total. The molecule has 0 saturated carbocycles. The average Bonchev–Trinajstić information content (AvgIpc) is 2.22. The zero-order valence-electron chi connectivity index (χ0n) is 10.8. The molecule has 17 heavy (non-hydrogen) atoms. The van der Waals surface area contributed by atoms with Crippen LogP contribution in [-0.2, 0) is 6.42 Å². The molecule has 96 valence electrons. The molecule has 0 aliphatic heterocycles. The molecule has 0 amide bonds. The van der Waals surface area contributed by atoms with Crippen molar-refractivity contribution >= 4 is 0 Å². The van der Waals surface area contributed by atoms with Gasteiger partial charge >= 0.3 is 0 Å². The highest BCUT2D eigenvalue weighted by atomic mass is 19.2. The molecule has 1 unspecified atom stereocenters. The normalized spacial score (nSPS) is 13.8. The van der Waals surface area contributed by atoms with E-state index in [1.54, 1.807) is 6.07 Å². The smallest absolute Gasteiger partial charge is 0.159 e. The first-order chi connectivity index (χ1) is 7.80. The third-order valence-electron chi connectivity index (χ3n) is 3.08. The maximum absolute atomic E-state index is 13.0. The van der Waals surface area contributed by atoms with Crippen LogP contribution in [0.15, 0.2) is 18.2 Å². The van der Waals surface area contributed by atoms with E-state index in [2.05, 4.69) is 20.8 Å². The predicted octanol–water partition coefficient (Wildman–Crippen LogP) is 3.66. The van der Waals surface area contributed by atoms with Gasteiger partial charge in [-0.3, -0.25) is 0 Å². The lowest BCUT2D eigenvalue weighted by Crippen LogP contribution is -2.34. The van der Waals surface area contributed by atoms with Gasteiger partial charge in [0, 0.05) is 6.04 Å². The van der Waals surface area contributed by atoms with E-state index in [9.17, 15) is 8.78 Å². The lowest BCUT2D eigenvalue weighted by Gasteiger charge is -2.26. The van der Waals surface area contributed by atoms with E-state index in [4.69, 9.17) is 5.73 Å². The number of hydrogen-bond acceptors (Lipinski definition) is 1. The molecule has 3 heteroatoms. The summed E-state index contributed by atoms with van der Waals surface area (Å²) in [5, 5.41) is 0. The SMILES string of the molecule is CC(C)(C)C(N)CCCc1ccc(F)c(F)c1. The summed E-state index contributed by atoms with van der Waals surface area (Å²) >= 11 is 0. The Balaban J connectivity index is 2.44. The Kier molecular flexibility index (Phi) is 4.63. The summed E-state index contributed by atoms with van der Waals surface area (Å²) in [4.78, 5) is 0.